The van der Waals surface area contributed by atoms with Crippen LogP contribution in [-0.4, -0.2) is 21.3 Å². The van der Waals surface area contributed by atoms with E-state index in [1.54, 1.807) is 11.3 Å². The quantitative estimate of drug-likeness (QED) is 0.671. The van der Waals surface area contributed by atoms with Crippen molar-refractivity contribution < 1.29 is 8.78 Å². The molecule has 1 aliphatic rings. The molecule has 1 aliphatic carbocycles. The van der Waals surface area contributed by atoms with Crippen LogP contribution in [0.4, 0.5) is 14.5 Å². The van der Waals surface area contributed by atoms with E-state index in [4.69, 9.17) is 11.6 Å². The maximum Gasteiger partial charge on any atom is 0.292 e. The second kappa shape index (κ2) is 7.97. The van der Waals surface area contributed by atoms with E-state index in [9.17, 15) is 13.6 Å². The van der Waals surface area contributed by atoms with Crippen LogP contribution in [0.2, 0.25) is 5.02 Å². The minimum absolute atomic E-state index is 0.0999. The molecule has 9 heteroatoms. The summed E-state index contributed by atoms with van der Waals surface area (Å²) < 4.78 is 27.8. The highest BCUT2D eigenvalue weighted by Crippen LogP contribution is 2.27. The first-order valence-electron chi connectivity index (χ1n) is 8.97. The van der Waals surface area contributed by atoms with E-state index in [1.165, 1.54) is 29.6 Å². The van der Waals surface area contributed by atoms with Crippen LogP contribution < -0.4 is 10.9 Å². The first-order chi connectivity index (χ1) is 13.5. The third-order valence-corrected chi connectivity index (χ3v) is 6.18. The Hall–Kier alpha value is -2.32. The number of benzene rings is 1. The second-order valence-electron chi connectivity index (χ2n) is 6.55. The van der Waals surface area contributed by atoms with Gasteiger partial charge in [-0.25, -0.2) is 13.8 Å². The van der Waals surface area contributed by atoms with Crippen molar-refractivity contribution in [1.82, 2.24) is 14.8 Å². The van der Waals surface area contributed by atoms with Gasteiger partial charge < -0.3 is 5.32 Å². The SMILES string of the molecule is O=c1c(Cl)c(NCCc2nc3c(s2)CCCC3)cnn1-c1ccc(F)cc1F. The molecule has 4 rings (SSSR count). The van der Waals surface area contributed by atoms with Gasteiger partial charge in [0.15, 0.2) is 5.82 Å². The summed E-state index contributed by atoms with van der Waals surface area (Å²) in [6.45, 7) is 0.544. The molecule has 28 heavy (non-hydrogen) atoms. The van der Waals surface area contributed by atoms with E-state index in [1.807, 2.05) is 0 Å². The van der Waals surface area contributed by atoms with E-state index in [2.05, 4.69) is 15.4 Å². The van der Waals surface area contributed by atoms with Crippen molar-refractivity contribution in [2.75, 3.05) is 11.9 Å². The number of thiazole rings is 1. The topological polar surface area (TPSA) is 59.8 Å². The summed E-state index contributed by atoms with van der Waals surface area (Å²) in [5.74, 6) is -1.62. The van der Waals surface area contributed by atoms with E-state index in [-0.39, 0.29) is 10.7 Å². The number of nitrogens with zero attached hydrogens (tertiary/aromatic N) is 3. The first kappa shape index (κ1) is 19.0. The lowest BCUT2D eigenvalue weighted by Crippen LogP contribution is -2.24. The van der Waals surface area contributed by atoms with Crippen molar-refractivity contribution in [2.24, 2.45) is 0 Å². The summed E-state index contributed by atoms with van der Waals surface area (Å²) in [4.78, 5) is 18.5. The summed E-state index contributed by atoms with van der Waals surface area (Å²) in [5.41, 5.74) is 0.747. The minimum atomic E-state index is -0.890. The van der Waals surface area contributed by atoms with Crippen LogP contribution in [0.15, 0.2) is 29.2 Å². The maximum atomic E-state index is 13.9. The number of fused-ring (bicyclic) bond motifs is 1. The van der Waals surface area contributed by atoms with Gasteiger partial charge in [0.2, 0.25) is 0 Å². The van der Waals surface area contributed by atoms with Gasteiger partial charge in [0.05, 0.1) is 22.6 Å². The monoisotopic (exact) mass is 422 g/mol. The highest BCUT2D eigenvalue weighted by Gasteiger charge is 2.16. The van der Waals surface area contributed by atoms with Crippen molar-refractivity contribution in [1.29, 1.82) is 0 Å². The van der Waals surface area contributed by atoms with E-state index in [0.29, 0.717) is 24.7 Å². The van der Waals surface area contributed by atoms with Gasteiger partial charge in [0, 0.05) is 23.9 Å². The molecule has 0 spiro atoms. The Labute approximate surface area is 169 Å². The maximum absolute atomic E-state index is 13.9. The van der Waals surface area contributed by atoms with Gasteiger partial charge in [-0.15, -0.1) is 11.3 Å². The van der Waals surface area contributed by atoms with Crippen LogP contribution >= 0.6 is 22.9 Å². The van der Waals surface area contributed by atoms with Gasteiger partial charge >= 0.3 is 0 Å². The molecule has 0 fully saturated rings. The van der Waals surface area contributed by atoms with Crippen molar-refractivity contribution in [3.05, 3.63) is 67.0 Å². The van der Waals surface area contributed by atoms with E-state index < -0.39 is 17.2 Å². The van der Waals surface area contributed by atoms with Crippen LogP contribution in [0.1, 0.15) is 28.4 Å². The molecule has 2 aromatic heterocycles. The van der Waals surface area contributed by atoms with E-state index >= 15 is 0 Å². The lowest BCUT2D eigenvalue weighted by Gasteiger charge is -2.10. The van der Waals surface area contributed by atoms with Crippen LogP contribution in [0.25, 0.3) is 5.69 Å². The number of hydrogen-bond donors (Lipinski definition) is 1. The molecule has 0 bridgehead atoms. The zero-order valence-corrected chi connectivity index (χ0v) is 16.4. The highest BCUT2D eigenvalue weighted by atomic mass is 35.5. The number of anilines is 1. The molecule has 1 aromatic carbocycles. The molecule has 0 unspecified atom stereocenters. The van der Waals surface area contributed by atoms with Crippen LogP contribution in [-0.2, 0) is 19.3 Å². The number of halogens is 3. The molecule has 5 nitrogen and oxygen atoms in total. The molecule has 0 aliphatic heterocycles. The molecular formula is C19H17ClF2N4OS. The fraction of sp³-hybridized carbons (Fsp3) is 0.316. The molecule has 146 valence electrons. The predicted molar refractivity (Wildman–Crippen MR) is 106 cm³/mol. The van der Waals surface area contributed by atoms with Crippen molar-refractivity contribution in [3.63, 3.8) is 0 Å². The van der Waals surface area contributed by atoms with Gasteiger partial charge in [0.1, 0.15) is 16.5 Å². The average Bonchev–Trinajstić information content (AvgIpc) is 3.09. The molecule has 0 amide bonds. The Morgan fingerprint density at radius 1 is 1.25 bits per heavy atom. The zero-order valence-electron chi connectivity index (χ0n) is 14.8. The summed E-state index contributed by atoms with van der Waals surface area (Å²) in [6.07, 6.45) is 6.64. The third-order valence-electron chi connectivity index (χ3n) is 4.60. The Morgan fingerprint density at radius 3 is 2.86 bits per heavy atom. The molecule has 0 radical (unpaired) electrons. The molecular weight excluding hydrogens is 406 g/mol. The Bertz CT molecular complexity index is 1060. The fourth-order valence-corrected chi connectivity index (χ4v) is 4.55. The van der Waals surface area contributed by atoms with Crippen LogP contribution in [0.5, 0.6) is 0 Å². The molecule has 0 atom stereocenters. The lowest BCUT2D eigenvalue weighted by atomic mass is 10.0. The Balaban J connectivity index is 1.47. The summed E-state index contributed by atoms with van der Waals surface area (Å²) >= 11 is 7.89. The van der Waals surface area contributed by atoms with Crippen LogP contribution in [0.3, 0.4) is 0 Å². The minimum Gasteiger partial charge on any atom is -0.382 e. The molecule has 2 heterocycles. The normalized spacial score (nSPS) is 13.4. The van der Waals surface area contributed by atoms with Gasteiger partial charge in [-0.3, -0.25) is 4.79 Å². The molecule has 3 aromatic rings. The number of hydrogen-bond acceptors (Lipinski definition) is 5. The first-order valence-corrected chi connectivity index (χ1v) is 10.2. The second-order valence-corrected chi connectivity index (χ2v) is 8.09. The highest BCUT2D eigenvalue weighted by molar-refractivity contribution is 7.11. The van der Waals surface area contributed by atoms with Crippen LogP contribution in [0, 0.1) is 11.6 Å². The summed E-state index contributed by atoms with van der Waals surface area (Å²) in [6, 6.07) is 2.89. The molecule has 1 N–H and O–H groups in total. The number of rotatable bonds is 5. The Kier molecular flexibility index (Phi) is 5.41. The van der Waals surface area contributed by atoms with Crippen molar-refractivity contribution >= 4 is 28.6 Å². The van der Waals surface area contributed by atoms with Gasteiger partial charge in [0.25, 0.3) is 5.56 Å². The van der Waals surface area contributed by atoms with Crippen molar-refractivity contribution in [2.45, 2.75) is 32.1 Å². The fourth-order valence-electron chi connectivity index (χ4n) is 3.20. The van der Waals surface area contributed by atoms with E-state index in [0.717, 1.165) is 34.7 Å². The Morgan fingerprint density at radius 2 is 2.07 bits per heavy atom. The predicted octanol–water partition coefficient (Wildman–Crippen LogP) is 4.15. The smallest absolute Gasteiger partial charge is 0.292 e. The number of aromatic nitrogens is 3. The molecule has 0 saturated heterocycles. The third kappa shape index (κ3) is 3.79. The number of nitrogens with one attached hydrogen (secondary N) is 1. The van der Waals surface area contributed by atoms with Gasteiger partial charge in [-0.05, 0) is 37.8 Å². The summed E-state index contributed by atoms with van der Waals surface area (Å²) in [7, 11) is 0. The van der Waals surface area contributed by atoms with Crippen molar-refractivity contribution in [3.8, 4) is 5.69 Å². The average molecular weight is 423 g/mol. The molecule has 0 saturated carbocycles. The number of aryl methyl sites for hydroxylation is 2. The summed E-state index contributed by atoms with van der Waals surface area (Å²) in [5, 5.41) is 8.01. The van der Waals surface area contributed by atoms with Gasteiger partial charge in [-0.1, -0.05) is 11.6 Å². The lowest BCUT2D eigenvalue weighted by molar-refractivity contribution is 0.570. The standard InChI is InChI=1S/C19H17ClF2N4OS/c20-18-14(23-8-7-17-25-13-3-1-2-4-16(13)28-17)10-24-26(19(18)27)15-6-5-11(21)9-12(15)22/h5-6,9-10,23H,1-4,7-8H2. The van der Waals surface area contributed by atoms with Gasteiger partial charge in [-0.2, -0.15) is 9.78 Å². The zero-order chi connectivity index (χ0) is 19.7. The largest absolute Gasteiger partial charge is 0.382 e.